The molecule has 0 unspecified atom stereocenters. The lowest BCUT2D eigenvalue weighted by Gasteiger charge is -1.93. The van der Waals surface area contributed by atoms with Crippen molar-refractivity contribution in [2.45, 2.75) is 41.5 Å². The van der Waals surface area contributed by atoms with Crippen LogP contribution in [0.2, 0.25) is 0 Å². The van der Waals surface area contributed by atoms with Gasteiger partial charge in [-0.25, -0.2) is 0 Å². The van der Waals surface area contributed by atoms with E-state index in [1.54, 1.807) is 0 Å². The van der Waals surface area contributed by atoms with Crippen molar-refractivity contribution in [3.63, 3.8) is 0 Å². The summed E-state index contributed by atoms with van der Waals surface area (Å²) in [6, 6.07) is 15.9. The molecule has 0 aliphatic heterocycles. The summed E-state index contributed by atoms with van der Waals surface area (Å²) in [4.78, 5) is 0. The average Bonchev–Trinajstić information content (AvgIpc) is 2.66. The third kappa shape index (κ3) is 7.94. The summed E-state index contributed by atoms with van der Waals surface area (Å²) in [5, 5.41) is 0. The standard InChI is InChI=1S/C20H14.2C2H6/c1-3-5-17-7-11-19(12-8-17)15-16-20-13-9-18(6-4-2)10-14-20;2*1-2/h7-14H,1-2H3;2*1-2H3. The number of benzene rings is 2. The van der Waals surface area contributed by atoms with E-state index in [0.717, 1.165) is 22.3 Å². The minimum atomic E-state index is 0.990. The minimum absolute atomic E-state index is 0.990. The van der Waals surface area contributed by atoms with Gasteiger partial charge in [0.25, 0.3) is 0 Å². The van der Waals surface area contributed by atoms with Crippen LogP contribution in [0, 0.1) is 35.5 Å². The van der Waals surface area contributed by atoms with Crippen molar-refractivity contribution >= 4 is 0 Å². The maximum Gasteiger partial charge on any atom is 0.0249 e. The van der Waals surface area contributed by atoms with Crippen molar-refractivity contribution in [3.05, 3.63) is 70.8 Å². The van der Waals surface area contributed by atoms with Crippen LogP contribution < -0.4 is 0 Å². The lowest BCUT2D eigenvalue weighted by atomic mass is 10.1. The number of hydrogen-bond acceptors (Lipinski definition) is 0. The van der Waals surface area contributed by atoms with Gasteiger partial charge in [0.15, 0.2) is 0 Å². The van der Waals surface area contributed by atoms with Crippen molar-refractivity contribution in [2.75, 3.05) is 0 Å². The Bertz CT molecular complexity index is 689. The molecule has 0 radical (unpaired) electrons. The summed E-state index contributed by atoms with van der Waals surface area (Å²) in [7, 11) is 0. The molecule has 0 spiro atoms. The molecule has 0 amide bonds. The molecule has 0 saturated heterocycles. The van der Waals surface area contributed by atoms with Crippen LogP contribution in [0.3, 0.4) is 0 Å². The number of hydrogen-bond donors (Lipinski definition) is 0. The smallest absolute Gasteiger partial charge is 0.0249 e. The molecule has 24 heavy (non-hydrogen) atoms. The zero-order chi connectivity index (χ0) is 18.2. The van der Waals surface area contributed by atoms with E-state index in [9.17, 15) is 0 Å². The van der Waals surface area contributed by atoms with Crippen LogP contribution in [0.15, 0.2) is 48.5 Å². The fourth-order valence-electron chi connectivity index (χ4n) is 1.71. The van der Waals surface area contributed by atoms with Gasteiger partial charge in [0.05, 0.1) is 0 Å². The molecular weight excluding hydrogens is 288 g/mol. The predicted octanol–water partition coefficient (Wildman–Crippen LogP) is 5.88. The van der Waals surface area contributed by atoms with Gasteiger partial charge >= 0.3 is 0 Å². The van der Waals surface area contributed by atoms with E-state index in [1.165, 1.54) is 0 Å². The Balaban J connectivity index is 0.00000123. The van der Waals surface area contributed by atoms with Crippen LogP contribution in [0.4, 0.5) is 0 Å². The van der Waals surface area contributed by atoms with Gasteiger partial charge < -0.3 is 0 Å². The Morgan fingerprint density at radius 2 is 0.625 bits per heavy atom. The van der Waals surface area contributed by atoms with Crippen LogP contribution >= 0.6 is 0 Å². The topological polar surface area (TPSA) is 0 Å². The van der Waals surface area contributed by atoms with Crippen LogP contribution in [-0.4, -0.2) is 0 Å². The molecule has 0 saturated carbocycles. The quantitative estimate of drug-likeness (QED) is 0.532. The van der Waals surface area contributed by atoms with Gasteiger partial charge in [-0.2, -0.15) is 0 Å². The molecule has 0 bridgehead atoms. The average molecular weight is 314 g/mol. The van der Waals surface area contributed by atoms with Crippen LogP contribution in [0.25, 0.3) is 0 Å². The van der Waals surface area contributed by atoms with Crippen molar-refractivity contribution < 1.29 is 0 Å². The van der Waals surface area contributed by atoms with Crippen LogP contribution in [0.1, 0.15) is 63.8 Å². The van der Waals surface area contributed by atoms with E-state index in [4.69, 9.17) is 0 Å². The molecule has 0 aliphatic carbocycles. The first-order valence-electron chi connectivity index (χ1n) is 8.39. The summed E-state index contributed by atoms with van der Waals surface area (Å²) in [5.41, 5.74) is 4.01. The predicted molar refractivity (Wildman–Crippen MR) is 107 cm³/mol. The summed E-state index contributed by atoms with van der Waals surface area (Å²) in [6.45, 7) is 11.7. The molecule has 0 nitrogen and oxygen atoms in total. The first-order valence-corrected chi connectivity index (χ1v) is 8.39. The SMILES string of the molecule is CC.CC.CC#Cc1ccc(C#Cc2ccc(C#CC)cc2)cc1. The first kappa shape index (κ1) is 21.1. The largest absolute Gasteiger partial charge is 0.101 e. The molecule has 2 aromatic carbocycles. The molecule has 0 N–H and O–H groups in total. The van der Waals surface area contributed by atoms with Gasteiger partial charge in [-0.15, -0.1) is 11.8 Å². The lowest BCUT2D eigenvalue weighted by Crippen LogP contribution is -1.79. The second kappa shape index (κ2) is 13.8. The highest BCUT2D eigenvalue weighted by atomic mass is 13.9. The van der Waals surface area contributed by atoms with Crippen LogP contribution in [0.5, 0.6) is 0 Å². The lowest BCUT2D eigenvalue weighted by molar-refractivity contribution is 1.50. The Hall–Kier alpha value is -2.88. The zero-order valence-corrected chi connectivity index (χ0v) is 15.6. The fraction of sp³-hybridized carbons (Fsp3) is 0.250. The molecule has 2 aromatic rings. The molecule has 122 valence electrons. The van der Waals surface area contributed by atoms with Gasteiger partial charge in [0, 0.05) is 22.3 Å². The molecule has 0 aromatic heterocycles. The summed E-state index contributed by atoms with van der Waals surface area (Å²) in [5.74, 6) is 18.1. The maximum absolute atomic E-state index is 3.15. The fourth-order valence-corrected chi connectivity index (χ4v) is 1.71. The van der Waals surface area contributed by atoms with E-state index < -0.39 is 0 Å². The Morgan fingerprint density at radius 1 is 0.417 bits per heavy atom. The van der Waals surface area contributed by atoms with E-state index in [1.807, 2.05) is 90.1 Å². The van der Waals surface area contributed by atoms with E-state index in [0.29, 0.717) is 0 Å². The van der Waals surface area contributed by atoms with Gasteiger partial charge in [-0.1, -0.05) is 51.4 Å². The van der Waals surface area contributed by atoms with Crippen molar-refractivity contribution in [1.29, 1.82) is 0 Å². The molecule has 2 rings (SSSR count). The third-order valence-electron chi connectivity index (χ3n) is 2.66. The zero-order valence-electron chi connectivity index (χ0n) is 15.6. The Labute approximate surface area is 148 Å². The van der Waals surface area contributed by atoms with Gasteiger partial charge in [-0.3, -0.25) is 0 Å². The highest BCUT2D eigenvalue weighted by molar-refractivity contribution is 5.47. The molecule has 0 heteroatoms. The molecule has 0 aliphatic rings. The first-order chi connectivity index (χ1) is 11.8. The molecule has 0 atom stereocenters. The van der Waals surface area contributed by atoms with E-state index >= 15 is 0 Å². The van der Waals surface area contributed by atoms with Gasteiger partial charge in [-0.05, 0) is 62.4 Å². The van der Waals surface area contributed by atoms with Crippen LogP contribution in [-0.2, 0) is 0 Å². The van der Waals surface area contributed by atoms with Crippen molar-refractivity contribution in [2.24, 2.45) is 0 Å². The Kier molecular flexibility index (Phi) is 12.1. The minimum Gasteiger partial charge on any atom is -0.101 e. The van der Waals surface area contributed by atoms with Gasteiger partial charge in [0.1, 0.15) is 0 Å². The summed E-state index contributed by atoms with van der Waals surface area (Å²) >= 11 is 0. The molecular formula is C24H26. The summed E-state index contributed by atoms with van der Waals surface area (Å²) in [6.07, 6.45) is 0. The Morgan fingerprint density at radius 3 is 0.833 bits per heavy atom. The van der Waals surface area contributed by atoms with Crippen molar-refractivity contribution in [3.8, 4) is 35.5 Å². The summed E-state index contributed by atoms with van der Waals surface area (Å²) < 4.78 is 0. The highest BCUT2D eigenvalue weighted by Crippen LogP contribution is 2.04. The number of rotatable bonds is 0. The maximum atomic E-state index is 3.15. The second-order valence-corrected chi connectivity index (χ2v) is 4.15. The van der Waals surface area contributed by atoms with Gasteiger partial charge in [0.2, 0.25) is 0 Å². The normalized spacial score (nSPS) is 7.42. The molecule has 0 heterocycles. The third-order valence-corrected chi connectivity index (χ3v) is 2.66. The molecule has 0 fully saturated rings. The monoisotopic (exact) mass is 314 g/mol. The highest BCUT2D eigenvalue weighted by Gasteiger charge is 1.90. The van der Waals surface area contributed by atoms with E-state index in [2.05, 4.69) is 35.5 Å². The van der Waals surface area contributed by atoms with E-state index in [-0.39, 0.29) is 0 Å². The van der Waals surface area contributed by atoms with Crippen molar-refractivity contribution in [1.82, 2.24) is 0 Å². The second-order valence-electron chi connectivity index (χ2n) is 4.15.